The van der Waals surface area contributed by atoms with Crippen molar-refractivity contribution < 1.29 is 9.53 Å². The summed E-state index contributed by atoms with van der Waals surface area (Å²) < 4.78 is 5.38. The molecule has 0 saturated carbocycles. The number of thioether (sulfide) groups is 1. The molecule has 1 atom stereocenters. The molecule has 0 aliphatic carbocycles. The maximum absolute atomic E-state index is 13.0. The molecular formula is C23H20Cl2N2O2S. The van der Waals surface area contributed by atoms with Gasteiger partial charge in [0.1, 0.15) is 0 Å². The molecule has 2 aromatic rings. The third kappa shape index (κ3) is 3.66. The van der Waals surface area contributed by atoms with Gasteiger partial charge in [0.05, 0.1) is 39.7 Å². The highest BCUT2D eigenvalue weighted by atomic mass is 35.5. The molecule has 0 fully saturated rings. The minimum absolute atomic E-state index is 0.275. The zero-order valence-corrected chi connectivity index (χ0v) is 19.1. The Bertz CT molecular complexity index is 1110. The van der Waals surface area contributed by atoms with Crippen molar-refractivity contribution in [3.05, 3.63) is 85.9 Å². The van der Waals surface area contributed by atoms with Crippen LogP contribution in [0.3, 0.4) is 0 Å². The molecular weight excluding hydrogens is 439 g/mol. The van der Waals surface area contributed by atoms with Crippen LogP contribution in [0.4, 0.5) is 0 Å². The van der Waals surface area contributed by atoms with Gasteiger partial charge in [0, 0.05) is 5.41 Å². The van der Waals surface area contributed by atoms with Crippen LogP contribution in [0, 0.1) is 6.92 Å². The van der Waals surface area contributed by atoms with Gasteiger partial charge in [-0.05, 0) is 38.0 Å². The van der Waals surface area contributed by atoms with Crippen LogP contribution in [-0.2, 0) is 9.53 Å². The Kier molecular flexibility index (Phi) is 5.96. The quantitative estimate of drug-likeness (QED) is 0.484. The second-order valence-electron chi connectivity index (χ2n) is 7.02. The van der Waals surface area contributed by atoms with Crippen LogP contribution in [0.5, 0.6) is 0 Å². The monoisotopic (exact) mass is 458 g/mol. The fourth-order valence-electron chi connectivity index (χ4n) is 3.61. The fourth-order valence-corrected chi connectivity index (χ4v) is 5.00. The number of aliphatic imine (C=N–C) groups is 1. The van der Waals surface area contributed by atoms with Crippen molar-refractivity contribution >= 4 is 51.8 Å². The number of fused-ring (bicyclic) bond motifs is 1. The highest BCUT2D eigenvalue weighted by Gasteiger charge is 2.42. The molecule has 30 heavy (non-hydrogen) atoms. The Morgan fingerprint density at radius 2 is 1.90 bits per heavy atom. The number of rotatable bonds is 4. The molecule has 2 aliphatic rings. The number of aryl methyl sites for hydroxylation is 1. The first-order valence-corrected chi connectivity index (χ1v) is 11.2. The summed E-state index contributed by atoms with van der Waals surface area (Å²) in [5.41, 5.74) is 4.98. The summed E-state index contributed by atoms with van der Waals surface area (Å²) in [7, 11) is 0. The molecule has 0 bridgehead atoms. The van der Waals surface area contributed by atoms with Crippen molar-refractivity contribution in [2.75, 3.05) is 6.61 Å². The molecule has 0 radical (unpaired) electrons. The van der Waals surface area contributed by atoms with E-state index < -0.39 is 12.0 Å². The number of carbonyl (C=O) groups is 1. The number of benzene rings is 2. The van der Waals surface area contributed by atoms with Gasteiger partial charge in [0.15, 0.2) is 5.17 Å². The van der Waals surface area contributed by atoms with Crippen molar-refractivity contribution in [3.63, 3.8) is 0 Å². The van der Waals surface area contributed by atoms with Crippen LogP contribution < -0.4 is 0 Å². The third-order valence-electron chi connectivity index (χ3n) is 5.05. The summed E-state index contributed by atoms with van der Waals surface area (Å²) in [6.45, 7) is 5.94. The number of amidine groups is 1. The van der Waals surface area contributed by atoms with Crippen molar-refractivity contribution in [1.29, 1.82) is 0 Å². The number of nitrogens with zero attached hydrogens (tertiary/aromatic N) is 2. The molecule has 0 aromatic heterocycles. The molecule has 7 heteroatoms. The van der Waals surface area contributed by atoms with E-state index in [1.54, 1.807) is 13.0 Å². The number of hydrogen-bond donors (Lipinski definition) is 0. The fraction of sp³-hybridized carbons (Fsp3) is 0.217. The van der Waals surface area contributed by atoms with E-state index in [0.29, 0.717) is 21.3 Å². The molecule has 2 aliphatic heterocycles. The summed E-state index contributed by atoms with van der Waals surface area (Å²) in [5.74, 6) is -0.404. The Hall–Kier alpha value is -2.21. The summed E-state index contributed by atoms with van der Waals surface area (Å²) >= 11 is 14.5. The first kappa shape index (κ1) is 21.0. The van der Waals surface area contributed by atoms with Gasteiger partial charge in [0.25, 0.3) is 0 Å². The van der Waals surface area contributed by atoms with Crippen molar-refractivity contribution in [1.82, 2.24) is 4.90 Å². The Morgan fingerprint density at radius 3 is 2.60 bits per heavy atom. The average molecular weight is 459 g/mol. The van der Waals surface area contributed by atoms with Crippen LogP contribution in [0.15, 0.2) is 64.1 Å². The first-order valence-electron chi connectivity index (χ1n) is 9.56. The van der Waals surface area contributed by atoms with E-state index in [2.05, 4.69) is 36.6 Å². The van der Waals surface area contributed by atoms with Gasteiger partial charge < -0.3 is 9.64 Å². The Balaban J connectivity index is 1.90. The van der Waals surface area contributed by atoms with E-state index in [9.17, 15) is 4.79 Å². The topological polar surface area (TPSA) is 41.9 Å². The Labute approximate surface area is 190 Å². The Morgan fingerprint density at radius 1 is 1.17 bits per heavy atom. The molecule has 2 heterocycles. The van der Waals surface area contributed by atoms with Crippen molar-refractivity contribution in [3.8, 4) is 0 Å². The maximum atomic E-state index is 13.0. The van der Waals surface area contributed by atoms with Gasteiger partial charge in [0.2, 0.25) is 0 Å². The summed E-state index contributed by atoms with van der Waals surface area (Å²) in [6, 6.07) is 13.2. The molecule has 0 spiro atoms. The van der Waals surface area contributed by atoms with E-state index in [-0.39, 0.29) is 6.61 Å². The molecule has 4 nitrogen and oxygen atoms in total. The minimum Gasteiger partial charge on any atom is -0.463 e. The molecule has 4 rings (SSSR count). The van der Waals surface area contributed by atoms with E-state index in [1.807, 2.05) is 24.0 Å². The summed E-state index contributed by atoms with van der Waals surface area (Å²) in [6.07, 6.45) is 0. The lowest BCUT2D eigenvalue weighted by Crippen LogP contribution is -2.36. The van der Waals surface area contributed by atoms with Crippen LogP contribution in [-0.4, -0.2) is 22.6 Å². The van der Waals surface area contributed by atoms with Gasteiger partial charge in [-0.15, -0.1) is 0 Å². The van der Waals surface area contributed by atoms with E-state index in [4.69, 9.17) is 32.9 Å². The van der Waals surface area contributed by atoms with Gasteiger partial charge in [-0.2, -0.15) is 0 Å². The van der Waals surface area contributed by atoms with Gasteiger partial charge >= 0.3 is 5.97 Å². The zero-order chi connectivity index (χ0) is 21.4. The smallest absolute Gasteiger partial charge is 0.338 e. The molecule has 154 valence electrons. The molecule has 0 saturated heterocycles. The first-order chi connectivity index (χ1) is 14.4. The predicted molar refractivity (Wildman–Crippen MR) is 125 cm³/mol. The van der Waals surface area contributed by atoms with Crippen molar-refractivity contribution in [2.24, 2.45) is 4.99 Å². The largest absolute Gasteiger partial charge is 0.463 e. The van der Waals surface area contributed by atoms with Gasteiger partial charge in [-0.25, -0.2) is 9.79 Å². The second-order valence-corrected chi connectivity index (χ2v) is 8.64. The lowest BCUT2D eigenvalue weighted by atomic mass is 9.93. The minimum atomic E-state index is -0.495. The van der Waals surface area contributed by atoms with E-state index in [0.717, 1.165) is 22.0 Å². The predicted octanol–water partition coefficient (Wildman–Crippen LogP) is 6.60. The lowest BCUT2D eigenvalue weighted by Gasteiger charge is -2.36. The SMILES string of the molecule is CCOC(=O)C1=C(C)N=C2SC=C(c3ccc(C)cc3)N2[C@@H]1c1cccc(Cl)c1Cl. The normalized spacial score (nSPS) is 18.2. The molecule has 2 aromatic carbocycles. The number of hydrogen-bond acceptors (Lipinski definition) is 5. The van der Waals surface area contributed by atoms with Crippen LogP contribution in [0.2, 0.25) is 10.0 Å². The van der Waals surface area contributed by atoms with E-state index >= 15 is 0 Å². The zero-order valence-electron chi connectivity index (χ0n) is 16.8. The van der Waals surface area contributed by atoms with Gasteiger partial charge in [-0.1, -0.05) is 76.9 Å². The van der Waals surface area contributed by atoms with Crippen molar-refractivity contribution in [2.45, 2.75) is 26.8 Å². The number of ether oxygens (including phenoxy) is 1. The maximum Gasteiger partial charge on any atom is 0.338 e. The average Bonchev–Trinajstić information content (AvgIpc) is 3.13. The van der Waals surface area contributed by atoms with Crippen LogP contribution in [0.1, 0.15) is 36.6 Å². The van der Waals surface area contributed by atoms with E-state index in [1.165, 1.54) is 17.3 Å². The number of allylic oxidation sites excluding steroid dienone is 1. The second kappa shape index (κ2) is 8.50. The lowest BCUT2D eigenvalue weighted by molar-refractivity contribution is -0.139. The van der Waals surface area contributed by atoms with Gasteiger partial charge in [-0.3, -0.25) is 0 Å². The highest BCUT2D eigenvalue weighted by Crippen LogP contribution is 2.48. The highest BCUT2D eigenvalue weighted by molar-refractivity contribution is 8.16. The molecule has 0 N–H and O–H groups in total. The number of halogens is 2. The van der Waals surface area contributed by atoms with Crippen LogP contribution >= 0.6 is 35.0 Å². The standard InChI is InChI=1S/C23H20Cl2N2O2S/c1-4-29-22(28)19-14(3)26-23-27(21(19)16-6-5-7-17(24)20(16)25)18(12-30-23)15-10-8-13(2)9-11-15/h5-12,21H,4H2,1-3H3/t21-/m1/s1. The van der Waals surface area contributed by atoms with Crippen LogP contribution in [0.25, 0.3) is 5.70 Å². The molecule has 0 amide bonds. The third-order valence-corrected chi connectivity index (χ3v) is 6.72. The number of carbonyl (C=O) groups excluding carboxylic acids is 1. The number of esters is 1. The molecule has 0 unspecified atom stereocenters. The summed E-state index contributed by atoms with van der Waals surface area (Å²) in [5, 5.41) is 3.69. The summed E-state index contributed by atoms with van der Waals surface area (Å²) in [4.78, 5) is 19.7.